The second kappa shape index (κ2) is 7.61. The van der Waals surface area contributed by atoms with Gasteiger partial charge in [-0.15, -0.1) is 0 Å². The Morgan fingerprint density at radius 3 is 2.54 bits per heavy atom. The second-order valence-corrected chi connectivity index (χ2v) is 7.27. The minimum atomic E-state index is -0.679. The molecule has 3 aromatic rings. The van der Waals surface area contributed by atoms with Crippen molar-refractivity contribution in [2.24, 2.45) is 5.92 Å². The number of ketones is 1. The highest BCUT2D eigenvalue weighted by Gasteiger charge is 2.23. The van der Waals surface area contributed by atoms with E-state index >= 15 is 0 Å². The fourth-order valence-electron chi connectivity index (χ4n) is 2.79. The zero-order valence-electron chi connectivity index (χ0n) is 14.9. The molecule has 144 valence electrons. The van der Waals surface area contributed by atoms with Crippen molar-refractivity contribution in [2.45, 2.75) is 13.8 Å². The molecule has 0 saturated heterocycles. The zero-order chi connectivity index (χ0) is 20.6. The number of carbonyl (C=O) groups excluding carboxylic acids is 1. The van der Waals surface area contributed by atoms with Gasteiger partial charge in [0.15, 0.2) is 5.78 Å². The van der Waals surface area contributed by atoms with Gasteiger partial charge in [0.05, 0.1) is 26.7 Å². The maximum Gasteiger partial charge on any atom is 0.282 e. The molecule has 2 aromatic carbocycles. The highest BCUT2D eigenvalue weighted by molar-refractivity contribution is 6.36. The molecular formula is C19H15Cl2N3O4. The number of Topliss-reactive ketones (excluding diaryl/α,β-unsaturated/α-hetero) is 1. The van der Waals surface area contributed by atoms with E-state index in [0.29, 0.717) is 15.7 Å². The summed E-state index contributed by atoms with van der Waals surface area (Å²) in [5.74, 6) is -0.872. The standard InChI is InChI=1S/C19H15Cl2N3O4/c1-10(2)18(25)12-9-23(22-14-7-6-11(20)8-13(14)21)15-4-3-5-16(24(27)28)17(15)19(12)26/h3-10,22H,1-2H3. The zero-order valence-corrected chi connectivity index (χ0v) is 16.4. The van der Waals surface area contributed by atoms with Crippen LogP contribution < -0.4 is 10.9 Å². The van der Waals surface area contributed by atoms with Crippen LogP contribution in [0.2, 0.25) is 10.0 Å². The molecule has 0 amide bonds. The van der Waals surface area contributed by atoms with Gasteiger partial charge < -0.3 is 0 Å². The van der Waals surface area contributed by atoms with Crippen molar-refractivity contribution in [3.05, 3.63) is 78.5 Å². The maximum atomic E-state index is 12.9. The quantitative estimate of drug-likeness (QED) is 0.359. The normalized spacial score (nSPS) is 11.0. The molecule has 9 heteroatoms. The number of pyridine rings is 1. The molecule has 0 aliphatic carbocycles. The number of benzene rings is 2. The van der Waals surface area contributed by atoms with Gasteiger partial charge in [0, 0.05) is 23.2 Å². The van der Waals surface area contributed by atoms with Crippen molar-refractivity contribution in [3.8, 4) is 0 Å². The predicted octanol–water partition coefficient (Wildman–Crippen LogP) is 4.93. The van der Waals surface area contributed by atoms with Crippen molar-refractivity contribution in [1.29, 1.82) is 0 Å². The van der Waals surface area contributed by atoms with Gasteiger partial charge in [0.2, 0.25) is 5.43 Å². The molecular weight excluding hydrogens is 405 g/mol. The Kier molecular flexibility index (Phi) is 5.40. The van der Waals surface area contributed by atoms with Crippen molar-refractivity contribution in [1.82, 2.24) is 4.68 Å². The summed E-state index contributed by atoms with van der Waals surface area (Å²) >= 11 is 12.1. The molecule has 1 N–H and O–H groups in total. The SMILES string of the molecule is CC(C)C(=O)c1cn(Nc2ccc(Cl)cc2Cl)c2cccc([N+](=O)[O-])c2c1=O. The van der Waals surface area contributed by atoms with Crippen molar-refractivity contribution in [3.63, 3.8) is 0 Å². The van der Waals surface area contributed by atoms with Gasteiger partial charge >= 0.3 is 0 Å². The van der Waals surface area contributed by atoms with Gasteiger partial charge in [-0.2, -0.15) is 0 Å². The van der Waals surface area contributed by atoms with Crippen molar-refractivity contribution >= 4 is 51.3 Å². The summed E-state index contributed by atoms with van der Waals surface area (Å²) in [4.78, 5) is 36.3. The van der Waals surface area contributed by atoms with Crippen LogP contribution in [0.15, 0.2) is 47.4 Å². The van der Waals surface area contributed by atoms with Crippen LogP contribution in [0.1, 0.15) is 24.2 Å². The van der Waals surface area contributed by atoms with Gasteiger partial charge in [-0.05, 0) is 24.3 Å². The molecule has 0 bridgehead atoms. The predicted molar refractivity (Wildman–Crippen MR) is 110 cm³/mol. The summed E-state index contributed by atoms with van der Waals surface area (Å²) < 4.78 is 1.38. The van der Waals surface area contributed by atoms with E-state index in [0.717, 1.165) is 0 Å². The lowest BCUT2D eigenvalue weighted by Gasteiger charge is -2.17. The number of aromatic nitrogens is 1. The first-order valence-electron chi connectivity index (χ1n) is 8.29. The number of nitrogens with zero attached hydrogens (tertiary/aromatic N) is 2. The first-order valence-corrected chi connectivity index (χ1v) is 9.05. The minimum absolute atomic E-state index is 0.144. The van der Waals surface area contributed by atoms with E-state index in [-0.39, 0.29) is 22.2 Å². The van der Waals surface area contributed by atoms with E-state index in [9.17, 15) is 19.7 Å². The van der Waals surface area contributed by atoms with E-state index in [2.05, 4.69) is 5.43 Å². The van der Waals surface area contributed by atoms with Crippen molar-refractivity contribution < 1.29 is 9.72 Å². The molecule has 0 saturated carbocycles. The van der Waals surface area contributed by atoms with Gasteiger partial charge in [-0.1, -0.05) is 43.1 Å². The third-order valence-electron chi connectivity index (χ3n) is 4.17. The molecule has 0 radical (unpaired) electrons. The highest BCUT2D eigenvalue weighted by Crippen LogP contribution is 2.28. The number of nitro groups is 1. The molecule has 0 spiro atoms. The fraction of sp³-hybridized carbons (Fsp3) is 0.158. The Hall–Kier alpha value is -2.90. The number of hydrogen-bond acceptors (Lipinski definition) is 5. The van der Waals surface area contributed by atoms with Crippen molar-refractivity contribution in [2.75, 3.05) is 5.43 Å². The number of nitrogens with one attached hydrogen (secondary N) is 1. The number of rotatable bonds is 5. The first-order chi connectivity index (χ1) is 13.2. The molecule has 0 aliphatic rings. The third-order valence-corrected chi connectivity index (χ3v) is 4.72. The average Bonchev–Trinajstić information content (AvgIpc) is 2.64. The summed E-state index contributed by atoms with van der Waals surface area (Å²) in [7, 11) is 0. The summed E-state index contributed by atoms with van der Waals surface area (Å²) in [5.41, 5.74) is 2.47. The number of hydrogen-bond donors (Lipinski definition) is 1. The Labute approximate surface area is 169 Å². The molecule has 0 atom stereocenters. The van der Waals surface area contributed by atoms with Crippen LogP contribution in [0.5, 0.6) is 0 Å². The summed E-state index contributed by atoms with van der Waals surface area (Å²) in [6, 6.07) is 9.00. The topological polar surface area (TPSA) is 94.2 Å². The summed E-state index contributed by atoms with van der Waals surface area (Å²) in [5, 5.41) is 12.0. The monoisotopic (exact) mass is 419 g/mol. The van der Waals surface area contributed by atoms with E-state index in [1.807, 2.05) is 0 Å². The maximum absolute atomic E-state index is 12.9. The molecule has 3 rings (SSSR count). The lowest BCUT2D eigenvalue weighted by Crippen LogP contribution is -2.25. The molecule has 1 heterocycles. The van der Waals surface area contributed by atoms with E-state index < -0.39 is 22.1 Å². The number of fused-ring (bicyclic) bond motifs is 1. The van der Waals surface area contributed by atoms with Gasteiger partial charge in [-0.3, -0.25) is 29.8 Å². The largest absolute Gasteiger partial charge is 0.294 e. The number of carbonyl (C=O) groups is 1. The Bertz CT molecular complexity index is 1170. The second-order valence-electron chi connectivity index (χ2n) is 6.43. The van der Waals surface area contributed by atoms with E-state index in [1.165, 1.54) is 29.1 Å². The van der Waals surface area contributed by atoms with Crippen LogP contribution >= 0.6 is 23.2 Å². The lowest BCUT2D eigenvalue weighted by molar-refractivity contribution is -0.383. The number of halogens is 2. The Morgan fingerprint density at radius 1 is 1.21 bits per heavy atom. The fourth-order valence-corrected chi connectivity index (χ4v) is 3.25. The van der Waals surface area contributed by atoms with Gasteiger partial charge in [0.25, 0.3) is 5.69 Å². The van der Waals surface area contributed by atoms with E-state index in [1.54, 1.807) is 32.0 Å². The minimum Gasteiger partial charge on any atom is -0.294 e. The van der Waals surface area contributed by atoms with Crippen LogP contribution in [-0.2, 0) is 0 Å². The number of non-ortho nitro benzene ring substituents is 1. The van der Waals surface area contributed by atoms with E-state index in [4.69, 9.17) is 23.2 Å². The first kappa shape index (κ1) is 19.9. The Morgan fingerprint density at radius 2 is 1.93 bits per heavy atom. The molecule has 0 aliphatic heterocycles. The third kappa shape index (κ3) is 3.58. The molecule has 0 fully saturated rings. The highest BCUT2D eigenvalue weighted by atomic mass is 35.5. The number of nitro benzene ring substituents is 1. The van der Waals surface area contributed by atoms with Crippen LogP contribution in [0.25, 0.3) is 10.9 Å². The van der Waals surface area contributed by atoms with Crippen LogP contribution in [0, 0.1) is 16.0 Å². The smallest absolute Gasteiger partial charge is 0.282 e. The van der Waals surface area contributed by atoms with Gasteiger partial charge in [0.1, 0.15) is 5.39 Å². The summed E-state index contributed by atoms with van der Waals surface area (Å²) in [6.45, 7) is 3.30. The Balaban J connectivity index is 2.33. The van der Waals surface area contributed by atoms with Crippen LogP contribution in [0.4, 0.5) is 11.4 Å². The summed E-state index contributed by atoms with van der Waals surface area (Å²) in [6.07, 6.45) is 1.33. The molecule has 28 heavy (non-hydrogen) atoms. The lowest BCUT2D eigenvalue weighted by atomic mass is 10.00. The number of anilines is 1. The van der Waals surface area contributed by atoms with Crippen LogP contribution in [0.3, 0.4) is 0 Å². The molecule has 1 aromatic heterocycles. The van der Waals surface area contributed by atoms with Crippen LogP contribution in [-0.4, -0.2) is 15.4 Å². The average molecular weight is 420 g/mol. The van der Waals surface area contributed by atoms with Gasteiger partial charge in [-0.25, -0.2) is 0 Å². The molecule has 7 nitrogen and oxygen atoms in total. The molecule has 0 unspecified atom stereocenters.